The molecule has 0 bridgehead atoms. The molecule has 76 valence electrons. The largest absolute Gasteiger partial charge is 0.173 e. The van der Waals surface area contributed by atoms with Gasteiger partial charge in [0.2, 0.25) is 0 Å². The van der Waals surface area contributed by atoms with Gasteiger partial charge in [-0.2, -0.15) is 8.75 Å². The normalized spacial score (nSPS) is 12.8. The summed E-state index contributed by atoms with van der Waals surface area (Å²) in [6, 6.07) is 12.8. The molecule has 0 radical (unpaired) electrons. The van der Waals surface area contributed by atoms with Crippen molar-refractivity contribution >= 4 is 22.8 Å². The minimum Gasteiger partial charge on any atom is -0.173 e. The van der Waals surface area contributed by atoms with E-state index in [1.54, 1.807) is 0 Å². The predicted octanol–water partition coefficient (Wildman–Crippen LogP) is 3.26. The Labute approximate surface area is 96.9 Å². The van der Waals surface area contributed by atoms with Gasteiger partial charge < -0.3 is 0 Å². The van der Waals surface area contributed by atoms with Gasteiger partial charge in [0.05, 0.1) is 11.7 Å². The second kappa shape index (κ2) is 2.89. The Bertz CT molecular complexity index is 700. The number of benzene rings is 2. The summed E-state index contributed by atoms with van der Waals surface area (Å²) >= 11 is 1.30. The summed E-state index contributed by atoms with van der Waals surface area (Å²) in [7, 11) is 0. The number of hydrogen-bond acceptors (Lipinski definition) is 3. The Morgan fingerprint density at radius 3 is 2.88 bits per heavy atom. The van der Waals surface area contributed by atoms with Gasteiger partial charge in [0.25, 0.3) is 0 Å². The van der Waals surface area contributed by atoms with Crippen LogP contribution in [-0.4, -0.2) is 8.75 Å². The van der Waals surface area contributed by atoms with Crippen molar-refractivity contribution in [3.05, 3.63) is 47.5 Å². The number of fused-ring (bicyclic) bond motifs is 5. The van der Waals surface area contributed by atoms with Crippen molar-refractivity contribution in [1.82, 2.24) is 8.75 Å². The highest BCUT2D eigenvalue weighted by Gasteiger charge is 2.21. The summed E-state index contributed by atoms with van der Waals surface area (Å²) < 4.78 is 8.69. The molecule has 0 unspecified atom stereocenters. The molecule has 0 spiro atoms. The molecule has 0 saturated heterocycles. The molecule has 0 amide bonds. The number of rotatable bonds is 0. The molecule has 0 fully saturated rings. The lowest BCUT2D eigenvalue weighted by Crippen LogP contribution is -1.82. The molecule has 0 saturated carbocycles. The molecular formula is C13H8N2S. The first-order valence-corrected chi connectivity index (χ1v) is 5.99. The first-order chi connectivity index (χ1) is 7.93. The van der Waals surface area contributed by atoms with Gasteiger partial charge in [-0.1, -0.05) is 30.3 Å². The number of nitrogens with zero attached hydrogens (tertiary/aromatic N) is 2. The fourth-order valence-electron chi connectivity index (χ4n) is 2.46. The van der Waals surface area contributed by atoms with Crippen LogP contribution in [0.4, 0.5) is 0 Å². The van der Waals surface area contributed by atoms with Gasteiger partial charge in [0.1, 0.15) is 11.0 Å². The van der Waals surface area contributed by atoms with Crippen LogP contribution in [0, 0.1) is 0 Å². The predicted molar refractivity (Wildman–Crippen MR) is 65.7 cm³/mol. The van der Waals surface area contributed by atoms with E-state index in [0.29, 0.717) is 0 Å². The Balaban J connectivity index is 2.13. The van der Waals surface area contributed by atoms with Crippen molar-refractivity contribution < 1.29 is 0 Å². The Hall–Kier alpha value is -1.74. The monoisotopic (exact) mass is 224 g/mol. The van der Waals surface area contributed by atoms with Crippen LogP contribution in [0.1, 0.15) is 11.1 Å². The third kappa shape index (κ3) is 0.959. The van der Waals surface area contributed by atoms with E-state index < -0.39 is 0 Å². The summed E-state index contributed by atoms with van der Waals surface area (Å²) in [5, 5.41) is 0. The Morgan fingerprint density at radius 2 is 1.88 bits per heavy atom. The first-order valence-electron chi connectivity index (χ1n) is 5.26. The molecule has 4 rings (SSSR count). The third-order valence-electron chi connectivity index (χ3n) is 3.21. The molecule has 2 nitrogen and oxygen atoms in total. The van der Waals surface area contributed by atoms with E-state index in [1.165, 1.54) is 34.0 Å². The van der Waals surface area contributed by atoms with Gasteiger partial charge >= 0.3 is 0 Å². The fourth-order valence-corrected chi connectivity index (χ4v) is 3.03. The molecule has 3 heteroatoms. The maximum absolute atomic E-state index is 4.40. The zero-order valence-electron chi connectivity index (χ0n) is 8.47. The SMILES string of the molecule is c1ccc2c(c1)Cc1c-2ccc2nsnc12. The van der Waals surface area contributed by atoms with Gasteiger partial charge in [-0.05, 0) is 28.3 Å². The van der Waals surface area contributed by atoms with E-state index in [4.69, 9.17) is 0 Å². The standard InChI is InChI=1S/C13H8N2S/c1-2-4-9-8(3-1)7-11-10(9)5-6-12-13(11)15-16-14-12/h1-6H,7H2. The lowest BCUT2D eigenvalue weighted by Gasteiger charge is -1.99. The van der Waals surface area contributed by atoms with Gasteiger partial charge in [0, 0.05) is 6.42 Å². The van der Waals surface area contributed by atoms with Crippen LogP contribution in [0.5, 0.6) is 0 Å². The highest BCUT2D eigenvalue weighted by atomic mass is 32.1. The van der Waals surface area contributed by atoms with Crippen LogP contribution in [0.3, 0.4) is 0 Å². The number of aromatic nitrogens is 2. The summed E-state index contributed by atoms with van der Waals surface area (Å²) in [5.74, 6) is 0. The molecule has 3 aromatic rings. The molecule has 1 aliphatic carbocycles. The van der Waals surface area contributed by atoms with Gasteiger partial charge in [0.15, 0.2) is 0 Å². The van der Waals surface area contributed by atoms with Crippen LogP contribution in [0.15, 0.2) is 36.4 Å². The molecule has 0 N–H and O–H groups in total. The van der Waals surface area contributed by atoms with Crippen LogP contribution >= 0.6 is 11.7 Å². The highest BCUT2D eigenvalue weighted by molar-refractivity contribution is 7.00. The lowest BCUT2D eigenvalue weighted by atomic mass is 10.1. The maximum Gasteiger partial charge on any atom is 0.108 e. The fraction of sp³-hybridized carbons (Fsp3) is 0.0769. The quantitative estimate of drug-likeness (QED) is 0.458. The van der Waals surface area contributed by atoms with Crippen molar-refractivity contribution in [2.45, 2.75) is 6.42 Å². The third-order valence-corrected chi connectivity index (χ3v) is 3.75. The summed E-state index contributed by atoms with van der Waals surface area (Å²) in [4.78, 5) is 0. The molecule has 16 heavy (non-hydrogen) atoms. The molecule has 2 aromatic carbocycles. The maximum atomic E-state index is 4.40. The van der Waals surface area contributed by atoms with Crippen molar-refractivity contribution in [2.75, 3.05) is 0 Å². The topological polar surface area (TPSA) is 25.8 Å². The lowest BCUT2D eigenvalue weighted by molar-refractivity contribution is 1.27. The molecule has 1 aromatic heterocycles. The molecule has 1 heterocycles. The van der Waals surface area contributed by atoms with E-state index >= 15 is 0 Å². The van der Waals surface area contributed by atoms with Crippen molar-refractivity contribution in [3.8, 4) is 11.1 Å². The van der Waals surface area contributed by atoms with Crippen LogP contribution in [0.25, 0.3) is 22.2 Å². The van der Waals surface area contributed by atoms with Crippen LogP contribution < -0.4 is 0 Å². The average Bonchev–Trinajstić information content (AvgIpc) is 2.92. The minimum atomic E-state index is 0.994. The van der Waals surface area contributed by atoms with Crippen molar-refractivity contribution in [1.29, 1.82) is 0 Å². The summed E-state index contributed by atoms with van der Waals surface area (Å²) in [6.07, 6.45) is 0.994. The van der Waals surface area contributed by atoms with E-state index in [-0.39, 0.29) is 0 Å². The summed E-state index contributed by atoms with van der Waals surface area (Å²) in [6.45, 7) is 0. The van der Waals surface area contributed by atoms with Gasteiger partial charge in [-0.25, -0.2) is 0 Å². The van der Waals surface area contributed by atoms with Crippen LogP contribution in [-0.2, 0) is 6.42 Å². The second-order valence-electron chi connectivity index (χ2n) is 4.06. The minimum absolute atomic E-state index is 0.994. The van der Waals surface area contributed by atoms with Crippen LogP contribution in [0.2, 0.25) is 0 Å². The van der Waals surface area contributed by atoms with Crippen molar-refractivity contribution in [3.63, 3.8) is 0 Å². The van der Waals surface area contributed by atoms with E-state index in [0.717, 1.165) is 17.5 Å². The zero-order chi connectivity index (χ0) is 10.5. The average molecular weight is 224 g/mol. The van der Waals surface area contributed by atoms with Crippen molar-refractivity contribution in [2.24, 2.45) is 0 Å². The van der Waals surface area contributed by atoms with Gasteiger partial charge in [-0.15, -0.1) is 0 Å². The summed E-state index contributed by atoms with van der Waals surface area (Å²) in [5.41, 5.74) is 7.53. The zero-order valence-corrected chi connectivity index (χ0v) is 9.29. The molecular weight excluding hydrogens is 216 g/mol. The van der Waals surface area contributed by atoms with E-state index in [2.05, 4.69) is 45.1 Å². The highest BCUT2D eigenvalue weighted by Crippen LogP contribution is 2.39. The Morgan fingerprint density at radius 1 is 0.938 bits per heavy atom. The van der Waals surface area contributed by atoms with E-state index in [1.807, 2.05) is 0 Å². The second-order valence-corrected chi connectivity index (χ2v) is 4.59. The Kier molecular flexibility index (Phi) is 1.52. The number of hydrogen-bond donors (Lipinski definition) is 0. The molecule has 0 atom stereocenters. The molecule has 1 aliphatic rings. The smallest absolute Gasteiger partial charge is 0.108 e. The molecule has 0 aliphatic heterocycles. The van der Waals surface area contributed by atoms with E-state index in [9.17, 15) is 0 Å². The first kappa shape index (κ1) is 8.42. The van der Waals surface area contributed by atoms with Gasteiger partial charge in [-0.3, -0.25) is 0 Å².